The normalized spacial score (nSPS) is 12.4. The van der Waals surface area contributed by atoms with Gasteiger partial charge in [0.15, 0.2) is 0 Å². The molecule has 2 heterocycles. The van der Waals surface area contributed by atoms with E-state index in [1.54, 1.807) is 0 Å². The van der Waals surface area contributed by atoms with Crippen molar-refractivity contribution in [1.82, 2.24) is 9.13 Å². The lowest BCUT2D eigenvalue weighted by atomic mass is 10.0. The Hall–Kier alpha value is -5.86. The number of rotatable bonds is 3. The van der Waals surface area contributed by atoms with Gasteiger partial charge in [-0.15, -0.1) is 0 Å². The quantitative estimate of drug-likeness (QED) is 0.199. The summed E-state index contributed by atoms with van der Waals surface area (Å²) in [6.07, 6.45) is 0.982. The first kappa shape index (κ1) is 24.6. The van der Waals surface area contributed by atoms with Gasteiger partial charge in [-0.2, -0.15) is 0 Å². The van der Waals surface area contributed by atoms with Gasteiger partial charge in [-0.05, 0) is 88.3 Å². The van der Waals surface area contributed by atoms with E-state index in [1.165, 1.54) is 88.4 Å². The molecular formula is C43H28N2. The molecule has 2 aromatic heterocycles. The van der Waals surface area contributed by atoms with Gasteiger partial charge in [0, 0.05) is 32.9 Å². The van der Waals surface area contributed by atoms with Crippen LogP contribution in [-0.2, 0) is 6.42 Å². The lowest BCUT2D eigenvalue weighted by Crippen LogP contribution is -1.96. The lowest BCUT2D eigenvalue weighted by molar-refractivity contribution is 1.16. The molecule has 0 bridgehead atoms. The first-order chi connectivity index (χ1) is 22.3. The molecule has 0 amide bonds. The Bertz CT molecular complexity index is 2620. The van der Waals surface area contributed by atoms with Crippen LogP contribution < -0.4 is 0 Å². The molecule has 9 aromatic rings. The molecule has 7 aromatic carbocycles. The fraction of sp³-hybridized carbons (Fsp3) is 0.0233. The number of nitrogens with zero attached hydrogens (tertiary/aromatic N) is 2. The summed E-state index contributed by atoms with van der Waals surface area (Å²) >= 11 is 0. The molecule has 0 aliphatic heterocycles. The predicted molar refractivity (Wildman–Crippen MR) is 189 cm³/mol. The summed E-state index contributed by atoms with van der Waals surface area (Å²) in [6.45, 7) is 0. The fourth-order valence-corrected chi connectivity index (χ4v) is 7.80. The minimum atomic E-state index is 0.982. The van der Waals surface area contributed by atoms with Gasteiger partial charge in [-0.3, -0.25) is 0 Å². The second-order valence-corrected chi connectivity index (χ2v) is 12.2. The molecule has 0 saturated heterocycles. The zero-order chi connectivity index (χ0) is 29.5. The Balaban J connectivity index is 1.26. The number of hydrogen-bond donors (Lipinski definition) is 0. The van der Waals surface area contributed by atoms with E-state index in [2.05, 4.69) is 167 Å². The minimum absolute atomic E-state index is 0.982. The molecule has 0 N–H and O–H groups in total. The Morgan fingerprint density at radius 3 is 1.67 bits per heavy atom. The second kappa shape index (κ2) is 9.32. The average Bonchev–Trinajstić information content (AvgIpc) is 3.76. The maximum absolute atomic E-state index is 2.47. The van der Waals surface area contributed by atoms with Crippen molar-refractivity contribution in [3.05, 3.63) is 169 Å². The standard InChI is InChI=1S/C43H28N2/c1-2-11-28(12-3-1)29-14-10-15-32(26-29)44-38-19-8-6-17-36(38)42-40(44)23-24-41-43(42)37-18-7-9-20-39(37)45(41)33-21-22-35-31(27-33)25-30-13-4-5-16-34(30)35/h1-24,26-27H,25H2. The molecule has 10 rings (SSSR count). The number of benzene rings is 7. The van der Waals surface area contributed by atoms with Crippen LogP contribution in [0.4, 0.5) is 0 Å². The van der Waals surface area contributed by atoms with Crippen molar-refractivity contribution in [2.75, 3.05) is 0 Å². The van der Waals surface area contributed by atoms with Gasteiger partial charge >= 0.3 is 0 Å². The van der Waals surface area contributed by atoms with Crippen LogP contribution >= 0.6 is 0 Å². The van der Waals surface area contributed by atoms with Crippen molar-refractivity contribution in [3.63, 3.8) is 0 Å². The van der Waals surface area contributed by atoms with Crippen molar-refractivity contribution in [2.45, 2.75) is 6.42 Å². The Morgan fingerprint density at radius 1 is 0.356 bits per heavy atom. The van der Waals surface area contributed by atoms with E-state index >= 15 is 0 Å². The van der Waals surface area contributed by atoms with Crippen LogP contribution in [0.15, 0.2) is 158 Å². The molecule has 2 nitrogen and oxygen atoms in total. The van der Waals surface area contributed by atoms with Crippen LogP contribution in [-0.4, -0.2) is 9.13 Å². The molecule has 0 fully saturated rings. The molecule has 1 aliphatic carbocycles. The summed E-state index contributed by atoms with van der Waals surface area (Å²) < 4.78 is 4.91. The highest BCUT2D eigenvalue weighted by atomic mass is 15.0. The molecule has 0 unspecified atom stereocenters. The van der Waals surface area contributed by atoms with Gasteiger partial charge in [0.2, 0.25) is 0 Å². The van der Waals surface area contributed by atoms with E-state index in [1.807, 2.05) is 0 Å². The summed E-state index contributed by atoms with van der Waals surface area (Å²) in [6, 6.07) is 57.8. The zero-order valence-corrected chi connectivity index (χ0v) is 24.6. The smallest absolute Gasteiger partial charge is 0.0548 e. The highest BCUT2D eigenvalue weighted by molar-refractivity contribution is 6.28. The highest BCUT2D eigenvalue weighted by Crippen LogP contribution is 2.44. The van der Waals surface area contributed by atoms with Crippen LogP contribution in [0.25, 0.3) is 77.2 Å². The van der Waals surface area contributed by atoms with Crippen LogP contribution in [0.2, 0.25) is 0 Å². The maximum Gasteiger partial charge on any atom is 0.0548 e. The molecule has 0 atom stereocenters. The predicted octanol–water partition coefficient (Wildman–Crippen LogP) is 11.1. The van der Waals surface area contributed by atoms with Gasteiger partial charge in [-0.25, -0.2) is 0 Å². The van der Waals surface area contributed by atoms with E-state index in [0.717, 1.165) is 6.42 Å². The summed E-state index contributed by atoms with van der Waals surface area (Å²) in [5.74, 6) is 0. The monoisotopic (exact) mass is 572 g/mol. The second-order valence-electron chi connectivity index (χ2n) is 12.2. The van der Waals surface area contributed by atoms with Gasteiger partial charge in [0.05, 0.1) is 22.1 Å². The van der Waals surface area contributed by atoms with E-state index in [-0.39, 0.29) is 0 Å². The molecule has 1 aliphatic rings. The van der Waals surface area contributed by atoms with Crippen molar-refractivity contribution in [1.29, 1.82) is 0 Å². The van der Waals surface area contributed by atoms with E-state index in [4.69, 9.17) is 0 Å². The molecule has 0 radical (unpaired) electrons. The summed E-state index contributed by atoms with van der Waals surface area (Å²) in [7, 11) is 0. The van der Waals surface area contributed by atoms with Crippen molar-refractivity contribution in [3.8, 4) is 33.6 Å². The van der Waals surface area contributed by atoms with E-state index < -0.39 is 0 Å². The van der Waals surface area contributed by atoms with E-state index in [0.29, 0.717) is 0 Å². The minimum Gasteiger partial charge on any atom is -0.309 e. The topological polar surface area (TPSA) is 9.86 Å². The largest absolute Gasteiger partial charge is 0.309 e. The van der Waals surface area contributed by atoms with E-state index in [9.17, 15) is 0 Å². The highest BCUT2D eigenvalue weighted by Gasteiger charge is 2.22. The molecule has 0 saturated carbocycles. The average molecular weight is 573 g/mol. The van der Waals surface area contributed by atoms with Crippen molar-refractivity contribution < 1.29 is 0 Å². The van der Waals surface area contributed by atoms with Crippen molar-refractivity contribution in [2.24, 2.45) is 0 Å². The zero-order valence-electron chi connectivity index (χ0n) is 24.6. The van der Waals surface area contributed by atoms with Gasteiger partial charge in [0.1, 0.15) is 0 Å². The fourth-order valence-electron chi connectivity index (χ4n) is 7.80. The number of fused-ring (bicyclic) bond motifs is 10. The van der Waals surface area contributed by atoms with Crippen molar-refractivity contribution >= 4 is 43.6 Å². The third-order valence-electron chi connectivity index (χ3n) is 9.72. The van der Waals surface area contributed by atoms with Crippen LogP contribution in [0.1, 0.15) is 11.1 Å². The Kier molecular flexibility index (Phi) is 5.09. The first-order valence-corrected chi connectivity index (χ1v) is 15.7. The maximum atomic E-state index is 2.47. The number of para-hydroxylation sites is 2. The first-order valence-electron chi connectivity index (χ1n) is 15.7. The summed E-state index contributed by atoms with van der Waals surface area (Å²) in [5.41, 5.74) is 15.3. The van der Waals surface area contributed by atoms with Crippen LogP contribution in [0, 0.1) is 0 Å². The lowest BCUT2D eigenvalue weighted by Gasteiger charge is -2.12. The Morgan fingerprint density at radius 2 is 0.933 bits per heavy atom. The molecular weight excluding hydrogens is 544 g/mol. The van der Waals surface area contributed by atoms with Gasteiger partial charge in [0.25, 0.3) is 0 Å². The number of aromatic nitrogens is 2. The molecule has 45 heavy (non-hydrogen) atoms. The van der Waals surface area contributed by atoms with Gasteiger partial charge in [-0.1, -0.05) is 109 Å². The molecule has 2 heteroatoms. The summed E-state index contributed by atoms with van der Waals surface area (Å²) in [4.78, 5) is 0. The van der Waals surface area contributed by atoms with Gasteiger partial charge < -0.3 is 9.13 Å². The molecule has 210 valence electrons. The van der Waals surface area contributed by atoms with Crippen LogP contribution in [0.5, 0.6) is 0 Å². The third kappa shape index (κ3) is 3.51. The Labute approximate surface area is 261 Å². The molecule has 0 spiro atoms. The van der Waals surface area contributed by atoms with Crippen LogP contribution in [0.3, 0.4) is 0 Å². The SMILES string of the molecule is c1ccc(-c2cccc(-n3c4ccccc4c4c5c6ccccc6n(-c6ccc7c(c6)Cc6ccccc6-7)c5ccc43)c2)cc1. The number of hydrogen-bond acceptors (Lipinski definition) is 0. The summed E-state index contributed by atoms with van der Waals surface area (Å²) in [5, 5.41) is 5.16. The third-order valence-corrected chi connectivity index (χ3v) is 9.72.